The van der Waals surface area contributed by atoms with E-state index in [2.05, 4.69) is 5.32 Å². The van der Waals surface area contributed by atoms with Gasteiger partial charge < -0.3 is 14.2 Å². The van der Waals surface area contributed by atoms with Gasteiger partial charge >= 0.3 is 6.09 Å². The van der Waals surface area contributed by atoms with Crippen molar-refractivity contribution in [1.82, 2.24) is 0 Å². The Morgan fingerprint density at radius 3 is 2.95 bits per heavy atom. The van der Waals surface area contributed by atoms with E-state index in [0.29, 0.717) is 11.6 Å². The van der Waals surface area contributed by atoms with Gasteiger partial charge in [0.2, 0.25) is 0 Å². The average molecular weight is 305 g/mol. The second-order valence-corrected chi connectivity index (χ2v) is 6.09. The van der Waals surface area contributed by atoms with Crippen LogP contribution < -0.4 is 5.32 Å². The van der Waals surface area contributed by atoms with Crippen LogP contribution in [-0.4, -0.2) is 24.1 Å². The minimum atomic E-state index is -0.673. The number of nitrogens with one attached hydrogen (secondary N) is 1. The van der Waals surface area contributed by atoms with Gasteiger partial charge in [-0.25, -0.2) is 9.18 Å². The SMILES string of the molecule is C[C@]12O[C@H]1C[C@H]1C=CO[C@@H](OC(=O)Nc3ccc(F)cc3)[C@H]12. The van der Waals surface area contributed by atoms with Crippen LogP contribution in [0.2, 0.25) is 0 Å². The molecule has 1 aromatic carbocycles. The Labute approximate surface area is 127 Å². The highest BCUT2D eigenvalue weighted by Gasteiger charge is 2.69. The minimum absolute atomic E-state index is 0.00136. The fourth-order valence-corrected chi connectivity index (χ4v) is 3.53. The Morgan fingerprint density at radius 1 is 1.41 bits per heavy atom. The number of amides is 1. The van der Waals surface area contributed by atoms with Crippen LogP contribution in [0.3, 0.4) is 0 Å². The van der Waals surface area contributed by atoms with Crippen LogP contribution in [0.4, 0.5) is 14.9 Å². The first kappa shape index (κ1) is 13.6. The van der Waals surface area contributed by atoms with Crippen molar-refractivity contribution in [3.63, 3.8) is 0 Å². The number of ether oxygens (including phenoxy) is 3. The van der Waals surface area contributed by atoms with Gasteiger partial charge in [0.15, 0.2) is 0 Å². The van der Waals surface area contributed by atoms with Crippen molar-refractivity contribution in [2.45, 2.75) is 31.3 Å². The van der Waals surface area contributed by atoms with Crippen molar-refractivity contribution < 1.29 is 23.4 Å². The van der Waals surface area contributed by atoms with E-state index in [-0.39, 0.29) is 23.4 Å². The van der Waals surface area contributed by atoms with Crippen molar-refractivity contribution in [3.8, 4) is 0 Å². The number of rotatable bonds is 2. The van der Waals surface area contributed by atoms with Gasteiger partial charge in [0, 0.05) is 5.69 Å². The molecule has 1 amide bonds. The molecule has 0 aromatic heterocycles. The first-order chi connectivity index (χ1) is 10.6. The first-order valence-corrected chi connectivity index (χ1v) is 7.29. The summed E-state index contributed by atoms with van der Waals surface area (Å²) >= 11 is 0. The lowest BCUT2D eigenvalue weighted by Crippen LogP contribution is -2.41. The van der Waals surface area contributed by atoms with E-state index < -0.39 is 12.4 Å². The van der Waals surface area contributed by atoms with Crippen molar-refractivity contribution >= 4 is 11.8 Å². The quantitative estimate of drug-likeness (QED) is 0.853. The van der Waals surface area contributed by atoms with Crippen molar-refractivity contribution in [3.05, 3.63) is 42.4 Å². The van der Waals surface area contributed by atoms with Crippen LogP contribution in [-0.2, 0) is 14.2 Å². The van der Waals surface area contributed by atoms with Gasteiger partial charge in [-0.05, 0) is 49.6 Å². The summed E-state index contributed by atoms with van der Waals surface area (Å²) in [5.41, 5.74) is 0.198. The highest BCUT2D eigenvalue weighted by molar-refractivity contribution is 5.84. The molecule has 22 heavy (non-hydrogen) atoms. The molecule has 2 heterocycles. The van der Waals surface area contributed by atoms with E-state index >= 15 is 0 Å². The predicted molar refractivity (Wildman–Crippen MR) is 75.4 cm³/mol. The van der Waals surface area contributed by atoms with Gasteiger partial charge in [0.05, 0.1) is 18.3 Å². The van der Waals surface area contributed by atoms with Crippen molar-refractivity contribution in [1.29, 1.82) is 0 Å². The predicted octanol–water partition coefficient (Wildman–Crippen LogP) is 3.04. The van der Waals surface area contributed by atoms with Gasteiger partial charge in [0.25, 0.3) is 6.29 Å². The molecule has 4 rings (SSSR count). The minimum Gasteiger partial charge on any atom is -0.462 e. The van der Waals surface area contributed by atoms with Gasteiger partial charge in [-0.1, -0.05) is 0 Å². The van der Waals surface area contributed by atoms with E-state index in [0.717, 1.165) is 6.42 Å². The molecular weight excluding hydrogens is 289 g/mol. The number of anilines is 1. The highest BCUT2D eigenvalue weighted by atomic mass is 19.1. The third-order valence-electron chi connectivity index (χ3n) is 4.73. The molecule has 5 atom stereocenters. The van der Waals surface area contributed by atoms with Gasteiger partial charge in [-0.2, -0.15) is 0 Å². The summed E-state index contributed by atoms with van der Waals surface area (Å²) in [6.07, 6.45) is 3.45. The number of carbonyl (C=O) groups excluding carboxylic acids is 1. The number of hydrogen-bond acceptors (Lipinski definition) is 4. The Balaban J connectivity index is 1.43. The second kappa shape index (κ2) is 4.71. The van der Waals surface area contributed by atoms with Gasteiger partial charge in [0.1, 0.15) is 11.4 Å². The number of epoxide rings is 1. The molecule has 116 valence electrons. The van der Waals surface area contributed by atoms with Crippen LogP contribution in [0.5, 0.6) is 0 Å². The maximum absolute atomic E-state index is 12.8. The zero-order chi connectivity index (χ0) is 15.3. The van der Waals surface area contributed by atoms with Crippen LogP contribution in [0, 0.1) is 17.7 Å². The number of fused-ring (bicyclic) bond motifs is 3. The van der Waals surface area contributed by atoms with E-state index in [1.54, 1.807) is 6.26 Å². The first-order valence-electron chi connectivity index (χ1n) is 7.29. The third kappa shape index (κ3) is 2.14. The summed E-state index contributed by atoms with van der Waals surface area (Å²) < 4.78 is 29.4. The van der Waals surface area contributed by atoms with E-state index in [9.17, 15) is 9.18 Å². The molecule has 0 radical (unpaired) electrons. The van der Waals surface area contributed by atoms with Crippen LogP contribution in [0.15, 0.2) is 36.6 Å². The summed E-state index contributed by atoms with van der Waals surface area (Å²) in [6, 6.07) is 5.48. The molecule has 0 spiro atoms. The standard InChI is InChI=1S/C16H16FNO4/c1-16-12(22-16)8-9-6-7-20-14(13(9)16)21-15(19)18-11-4-2-10(17)3-5-11/h2-7,9,12-14H,8H2,1H3,(H,18,19)/t9-,12+,13+,14+,16+/m1/s1. The Kier molecular flexibility index (Phi) is 2.91. The summed E-state index contributed by atoms with van der Waals surface area (Å²) in [7, 11) is 0. The van der Waals surface area contributed by atoms with Crippen LogP contribution in [0.1, 0.15) is 13.3 Å². The maximum atomic E-state index is 12.8. The molecule has 3 aliphatic rings. The number of allylic oxidation sites excluding steroid dienone is 1. The molecule has 1 aliphatic carbocycles. The third-order valence-corrected chi connectivity index (χ3v) is 4.73. The molecule has 1 N–H and O–H groups in total. The Morgan fingerprint density at radius 2 is 2.18 bits per heavy atom. The smallest absolute Gasteiger partial charge is 0.414 e. The molecule has 1 saturated carbocycles. The van der Waals surface area contributed by atoms with Crippen molar-refractivity contribution in [2.75, 3.05) is 5.32 Å². The van der Waals surface area contributed by atoms with Crippen LogP contribution >= 0.6 is 0 Å². The molecule has 5 nitrogen and oxygen atoms in total. The number of halogens is 1. The van der Waals surface area contributed by atoms with E-state index in [1.807, 2.05) is 13.0 Å². The summed E-state index contributed by atoms with van der Waals surface area (Å²) in [6.45, 7) is 2.03. The van der Waals surface area contributed by atoms with Crippen molar-refractivity contribution in [2.24, 2.45) is 11.8 Å². The zero-order valence-electron chi connectivity index (χ0n) is 12.0. The molecular formula is C16H16FNO4. The summed E-state index contributed by atoms with van der Waals surface area (Å²) in [5, 5.41) is 2.56. The highest BCUT2D eigenvalue weighted by Crippen LogP contribution is 2.59. The van der Waals surface area contributed by atoms with Crippen LogP contribution in [0.25, 0.3) is 0 Å². The normalized spacial score (nSPS) is 37.7. The molecule has 2 aliphatic heterocycles. The lowest BCUT2D eigenvalue weighted by atomic mass is 9.87. The topological polar surface area (TPSA) is 60.1 Å². The lowest BCUT2D eigenvalue weighted by Gasteiger charge is -2.33. The molecule has 0 unspecified atom stereocenters. The lowest BCUT2D eigenvalue weighted by molar-refractivity contribution is -0.131. The van der Waals surface area contributed by atoms with E-state index in [4.69, 9.17) is 14.2 Å². The summed E-state index contributed by atoms with van der Waals surface area (Å²) in [4.78, 5) is 12.0. The summed E-state index contributed by atoms with van der Waals surface area (Å²) in [5.74, 6) is -0.0547. The number of benzene rings is 1. The molecule has 6 heteroatoms. The van der Waals surface area contributed by atoms with Gasteiger partial charge in [-0.3, -0.25) is 5.32 Å². The average Bonchev–Trinajstić information content (AvgIpc) is 3.03. The fourth-order valence-electron chi connectivity index (χ4n) is 3.53. The zero-order valence-corrected chi connectivity index (χ0v) is 12.0. The Hall–Kier alpha value is -2.08. The fraction of sp³-hybridized carbons (Fsp3) is 0.438. The Bertz CT molecular complexity index is 632. The monoisotopic (exact) mass is 305 g/mol. The second-order valence-electron chi connectivity index (χ2n) is 6.09. The molecule has 0 bridgehead atoms. The number of hydrogen-bond donors (Lipinski definition) is 1. The maximum Gasteiger partial charge on any atom is 0.414 e. The largest absolute Gasteiger partial charge is 0.462 e. The molecule has 1 saturated heterocycles. The molecule has 2 fully saturated rings. The van der Waals surface area contributed by atoms with Gasteiger partial charge in [-0.15, -0.1) is 0 Å². The van der Waals surface area contributed by atoms with E-state index in [1.165, 1.54) is 24.3 Å². The molecule has 1 aromatic rings. The number of carbonyl (C=O) groups is 1.